The molecule has 0 radical (unpaired) electrons. The van der Waals surface area contributed by atoms with Crippen LogP contribution in [0.4, 0.5) is 0 Å². The summed E-state index contributed by atoms with van der Waals surface area (Å²) in [6, 6.07) is 16.8. The lowest BCUT2D eigenvalue weighted by molar-refractivity contribution is 0.0938. The number of nitrogens with one attached hydrogen (secondary N) is 1. The number of amides is 1. The van der Waals surface area contributed by atoms with Crippen LogP contribution in [0.15, 0.2) is 60.8 Å². The van der Waals surface area contributed by atoms with Crippen molar-refractivity contribution < 1.29 is 19.0 Å². The second-order valence-corrected chi connectivity index (χ2v) is 5.61. The number of methoxy groups -OCH3 is 2. The van der Waals surface area contributed by atoms with Crippen LogP contribution in [0.3, 0.4) is 0 Å². The van der Waals surface area contributed by atoms with Crippen LogP contribution in [0, 0.1) is 0 Å². The fraction of sp³-hybridized carbons (Fsp3) is 0.200. The van der Waals surface area contributed by atoms with E-state index < -0.39 is 0 Å². The first-order valence-corrected chi connectivity index (χ1v) is 8.45. The van der Waals surface area contributed by atoms with Gasteiger partial charge in [0.25, 0.3) is 5.91 Å². The Morgan fingerprint density at radius 1 is 1.04 bits per heavy atom. The second kappa shape index (κ2) is 8.75. The molecule has 0 unspecified atom stereocenters. The van der Waals surface area contributed by atoms with Gasteiger partial charge in [-0.05, 0) is 24.3 Å². The van der Waals surface area contributed by atoms with Crippen LogP contribution in [0.25, 0.3) is 5.69 Å². The third-order valence-electron chi connectivity index (χ3n) is 3.83. The summed E-state index contributed by atoms with van der Waals surface area (Å²) in [6.45, 7) is 0.651. The maximum Gasteiger partial charge on any atom is 0.275 e. The Kier molecular flexibility index (Phi) is 5.94. The van der Waals surface area contributed by atoms with Crippen molar-refractivity contribution in [3.63, 3.8) is 0 Å². The molecule has 0 fully saturated rings. The maximum atomic E-state index is 12.4. The van der Waals surface area contributed by atoms with Crippen molar-refractivity contribution in [1.29, 1.82) is 0 Å². The lowest BCUT2D eigenvalue weighted by atomic mass is 10.3. The number of benzene rings is 2. The number of nitrogens with zero attached hydrogens (tertiary/aromatic N) is 2. The number of ether oxygens (including phenoxy) is 3. The molecular formula is C20H21N3O4. The number of hydrogen-bond acceptors (Lipinski definition) is 5. The number of carbonyl (C=O) groups excluding carboxylic acids is 1. The minimum atomic E-state index is -0.323. The maximum absolute atomic E-state index is 12.4. The van der Waals surface area contributed by atoms with Crippen molar-refractivity contribution in [3.05, 3.63) is 66.5 Å². The SMILES string of the molecule is COc1cccc(OCCNC(=O)c2nn(-c3ccccc3)cc2OC)c1. The van der Waals surface area contributed by atoms with Crippen molar-refractivity contribution in [3.8, 4) is 22.9 Å². The standard InChI is InChI=1S/C20H21N3O4/c1-25-16-9-6-10-17(13-16)27-12-11-21-20(24)19-18(26-2)14-23(22-19)15-7-4-3-5-8-15/h3-10,13-14H,11-12H2,1-2H3,(H,21,24). The zero-order chi connectivity index (χ0) is 19.1. The molecule has 0 saturated carbocycles. The van der Waals surface area contributed by atoms with Crippen molar-refractivity contribution in [2.75, 3.05) is 27.4 Å². The molecule has 1 amide bonds. The van der Waals surface area contributed by atoms with Crippen LogP contribution in [-0.4, -0.2) is 43.1 Å². The molecule has 2 aromatic carbocycles. The molecule has 0 bridgehead atoms. The third kappa shape index (κ3) is 4.58. The number of para-hydroxylation sites is 1. The summed E-state index contributed by atoms with van der Waals surface area (Å²) in [5.74, 6) is 1.48. The Hall–Kier alpha value is -3.48. The Bertz CT molecular complexity index is 893. The molecule has 1 aromatic heterocycles. The minimum absolute atomic E-state index is 0.225. The lowest BCUT2D eigenvalue weighted by Gasteiger charge is -2.08. The van der Waals surface area contributed by atoms with Crippen molar-refractivity contribution >= 4 is 5.91 Å². The van der Waals surface area contributed by atoms with Crippen molar-refractivity contribution in [1.82, 2.24) is 15.1 Å². The predicted molar refractivity (Wildman–Crippen MR) is 101 cm³/mol. The van der Waals surface area contributed by atoms with Crippen molar-refractivity contribution in [2.24, 2.45) is 0 Å². The van der Waals surface area contributed by atoms with Gasteiger partial charge in [0.2, 0.25) is 0 Å². The van der Waals surface area contributed by atoms with Gasteiger partial charge >= 0.3 is 0 Å². The van der Waals surface area contributed by atoms with Gasteiger partial charge in [0.05, 0.1) is 32.6 Å². The van der Waals surface area contributed by atoms with E-state index >= 15 is 0 Å². The predicted octanol–water partition coefficient (Wildman–Crippen LogP) is 2.70. The molecule has 0 aliphatic heterocycles. The molecule has 7 nitrogen and oxygen atoms in total. The van der Waals surface area contributed by atoms with Gasteiger partial charge in [0, 0.05) is 6.07 Å². The van der Waals surface area contributed by atoms with Gasteiger partial charge in [-0.15, -0.1) is 0 Å². The van der Waals surface area contributed by atoms with E-state index in [1.165, 1.54) is 7.11 Å². The fourth-order valence-electron chi connectivity index (χ4n) is 2.49. The first-order valence-electron chi connectivity index (χ1n) is 8.45. The number of aromatic nitrogens is 2. The van der Waals surface area contributed by atoms with E-state index in [9.17, 15) is 4.79 Å². The lowest BCUT2D eigenvalue weighted by Crippen LogP contribution is -2.28. The average molecular weight is 367 g/mol. The van der Waals surface area contributed by atoms with Gasteiger partial charge in [-0.3, -0.25) is 4.79 Å². The molecule has 0 spiro atoms. The Balaban J connectivity index is 1.58. The quantitative estimate of drug-likeness (QED) is 0.620. The number of hydrogen-bond donors (Lipinski definition) is 1. The molecule has 0 aliphatic carbocycles. The molecule has 1 N–H and O–H groups in total. The number of carbonyl (C=O) groups is 1. The van der Waals surface area contributed by atoms with Crippen LogP contribution < -0.4 is 19.5 Å². The first kappa shape index (κ1) is 18.3. The van der Waals surface area contributed by atoms with Crippen LogP contribution in [0.5, 0.6) is 17.2 Å². The summed E-state index contributed by atoms with van der Waals surface area (Å²) in [6.07, 6.45) is 1.68. The van der Waals surface area contributed by atoms with Crippen LogP contribution in [0.2, 0.25) is 0 Å². The van der Waals surface area contributed by atoms with Gasteiger partial charge in [-0.2, -0.15) is 5.10 Å². The molecule has 3 rings (SSSR count). The second-order valence-electron chi connectivity index (χ2n) is 5.61. The summed E-state index contributed by atoms with van der Waals surface area (Å²) in [5, 5.41) is 7.12. The van der Waals surface area contributed by atoms with E-state index in [1.54, 1.807) is 24.1 Å². The van der Waals surface area contributed by atoms with E-state index in [1.807, 2.05) is 48.5 Å². The average Bonchev–Trinajstić information content (AvgIpc) is 3.16. The highest BCUT2D eigenvalue weighted by molar-refractivity contribution is 5.94. The van der Waals surface area contributed by atoms with Gasteiger partial charge in [0.1, 0.15) is 18.1 Å². The third-order valence-corrected chi connectivity index (χ3v) is 3.83. The highest BCUT2D eigenvalue weighted by Gasteiger charge is 2.18. The van der Waals surface area contributed by atoms with E-state index in [4.69, 9.17) is 14.2 Å². The van der Waals surface area contributed by atoms with E-state index in [-0.39, 0.29) is 11.6 Å². The molecule has 7 heteroatoms. The molecule has 0 saturated heterocycles. The smallest absolute Gasteiger partial charge is 0.275 e. The highest BCUT2D eigenvalue weighted by atomic mass is 16.5. The van der Waals surface area contributed by atoms with Gasteiger partial charge in [-0.25, -0.2) is 4.68 Å². The zero-order valence-electron chi connectivity index (χ0n) is 15.2. The molecule has 140 valence electrons. The van der Waals surface area contributed by atoms with E-state index in [2.05, 4.69) is 10.4 Å². The Morgan fingerprint density at radius 3 is 2.56 bits per heavy atom. The van der Waals surface area contributed by atoms with Crippen LogP contribution in [0.1, 0.15) is 10.5 Å². The summed E-state index contributed by atoms with van der Waals surface area (Å²) in [4.78, 5) is 12.4. The highest BCUT2D eigenvalue weighted by Crippen LogP contribution is 2.20. The molecular weight excluding hydrogens is 346 g/mol. The summed E-state index contributed by atoms with van der Waals surface area (Å²) in [5.41, 5.74) is 1.07. The van der Waals surface area contributed by atoms with Crippen LogP contribution >= 0.6 is 0 Å². The molecule has 0 aliphatic rings. The van der Waals surface area contributed by atoms with E-state index in [0.29, 0.717) is 30.4 Å². The van der Waals surface area contributed by atoms with Crippen molar-refractivity contribution in [2.45, 2.75) is 0 Å². The topological polar surface area (TPSA) is 74.6 Å². The number of rotatable bonds is 8. The van der Waals surface area contributed by atoms with Gasteiger partial charge in [0.15, 0.2) is 11.4 Å². The summed E-state index contributed by atoms with van der Waals surface area (Å²) < 4.78 is 17.7. The van der Waals surface area contributed by atoms with Gasteiger partial charge in [-0.1, -0.05) is 24.3 Å². The Labute approximate surface area is 157 Å². The Morgan fingerprint density at radius 2 is 1.81 bits per heavy atom. The fourth-order valence-corrected chi connectivity index (χ4v) is 2.49. The largest absolute Gasteiger partial charge is 0.497 e. The molecule has 0 atom stereocenters. The van der Waals surface area contributed by atoms with E-state index in [0.717, 1.165) is 5.69 Å². The van der Waals surface area contributed by atoms with Crippen LogP contribution in [-0.2, 0) is 0 Å². The summed E-state index contributed by atoms with van der Waals surface area (Å²) >= 11 is 0. The monoisotopic (exact) mass is 367 g/mol. The zero-order valence-corrected chi connectivity index (χ0v) is 15.2. The summed E-state index contributed by atoms with van der Waals surface area (Å²) in [7, 11) is 3.11. The van der Waals surface area contributed by atoms with Gasteiger partial charge < -0.3 is 19.5 Å². The molecule has 27 heavy (non-hydrogen) atoms. The molecule has 1 heterocycles. The minimum Gasteiger partial charge on any atom is -0.497 e. The normalized spacial score (nSPS) is 10.3. The first-order chi connectivity index (χ1) is 13.2. The molecule has 3 aromatic rings.